The van der Waals surface area contributed by atoms with Crippen LogP contribution in [0, 0.1) is 12.3 Å². The number of nitrogens with zero attached hydrogens (tertiary/aromatic N) is 1. The Morgan fingerprint density at radius 2 is 1.10 bits per heavy atom. The summed E-state index contributed by atoms with van der Waals surface area (Å²) in [5.74, 6) is 0. The Kier molecular flexibility index (Phi) is 6.92. The van der Waals surface area contributed by atoms with Crippen LogP contribution in [0.2, 0.25) is 0 Å². The van der Waals surface area contributed by atoms with Gasteiger partial charge in [0.05, 0.1) is 0 Å². The van der Waals surface area contributed by atoms with Gasteiger partial charge in [0.25, 0.3) is 0 Å². The SMILES string of the molecule is [Y].[c-]1ccc(-c2cccc3c2sc2c(-c4ccccc4)cccc23)cc1-n1[c-]c(-c2ccccc2)c2ccccc21. The molecule has 0 fully saturated rings. The molecule has 0 aliphatic heterocycles. The van der Waals surface area contributed by atoms with E-state index in [1.54, 1.807) is 0 Å². The van der Waals surface area contributed by atoms with E-state index in [1.165, 1.54) is 47.8 Å². The molecule has 0 unspecified atom stereocenters. The first kappa shape index (κ1) is 26.1. The van der Waals surface area contributed by atoms with Gasteiger partial charge in [-0.15, -0.1) is 22.6 Å². The van der Waals surface area contributed by atoms with Crippen molar-refractivity contribution in [2.24, 2.45) is 0 Å². The van der Waals surface area contributed by atoms with Crippen LogP contribution in [0.3, 0.4) is 0 Å². The van der Waals surface area contributed by atoms with Crippen molar-refractivity contribution in [2.75, 3.05) is 0 Å². The Balaban J connectivity index is 0.00000276. The summed E-state index contributed by atoms with van der Waals surface area (Å²) < 4.78 is 4.79. The summed E-state index contributed by atoms with van der Waals surface area (Å²) in [6, 6.07) is 53.0. The molecule has 0 spiro atoms. The normalized spacial score (nSPS) is 11.2. The molecule has 2 aromatic heterocycles. The molecular formula is C38H23NSY-2. The Morgan fingerprint density at radius 1 is 0.512 bits per heavy atom. The van der Waals surface area contributed by atoms with Crippen molar-refractivity contribution in [3.63, 3.8) is 0 Å². The van der Waals surface area contributed by atoms with Gasteiger partial charge in [-0.1, -0.05) is 138 Å². The molecule has 0 atom stereocenters. The first-order valence-corrected chi connectivity index (χ1v) is 14.3. The average molecular weight is 615 g/mol. The molecule has 0 bridgehead atoms. The van der Waals surface area contributed by atoms with Gasteiger partial charge in [0.1, 0.15) is 0 Å². The van der Waals surface area contributed by atoms with Gasteiger partial charge in [0.15, 0.2) is 0 Å². The second-order valence-electron chi connectivity index (χ2n) is 10.0. The fourth-order valence-corrected chi connectivity index (χ4v) is 7.14. The zero-order valence-electron chi connectivity index (χ0n) is 22.2. The first-order chi connectivity index (χ1) is 19.8. The minimum absolute atomic E-state index is 0. The summed E-state index contributed by atoms with van der Waals surface area (Å²) in [4.78, 5) is 0. The molecule has 0 aliphatic rings. The summed E-state index contributed by atoms with van der Waals surface area (Å²) in [6.07, 6.45) is 3.67. The van der Waals surface area contributed by atoms with Crippen LogP contribution in [0.15, 0.2) is 140 Å². The largest absolute Gasteiger partial charge is 0.439 e. The predicted octanol–water partition coefficient (Wildman–Crippen LogP) is 10.6. The van der Waals surface area contributed by atoms with E-state index < -0.39 is 0 Å². The van der Waals surface area contributed by atoms with Crippen molar-refractivity contribution in [3.8, 4) is 39.1 Å². The van der Waals surface area contributed by atoms with Crippen LogP contribution in [0.4, 0.5) is 0 Å². The third kappa shape index (κ3) is 4.48. The molecule has 3 heteroatoms. The summed E-state index contributed by atoms with van der Waals surface area (Å²) in [7, 11) is 0. The molecule has 1 radical (unpaired) electrons. The van der Waals surface area contributed by atoms with Gasteiger partial charge in [-0.25, -0.2) is 6.07 Å². The maximum Gasteiger partial charge on any atom is 0.0434 e. The fourth-order valence-electron chi connectivity index (χ4n) is 5.77. The summed E-state index contributed by atoms with van der Waals surface area (Å²) in [6.45, 7) is 0. The number of thiophene rings is 1. The smallest absolute Gasteiger partial charge is 0.0434 e. The van der Waals surface area contributed by atoms with Crippen LogP contribution in [-0.4, -0.2) is 4.57 Å². The van der Waals surface area contributed by atoms with Gasteiger partial charge < -0.3 is 4.57 Å². The van der Waals surface area contributed by atoms with E-state index in [-0.39, 0.29) is 32.7 Å². The van der Waals surface area contributed by atoms with Crippen LogP contribution in [0.5, 0.6) is 0 Å². The monoisotopic (exact) mass is 614 g/mol. The van der Waals surface area contributed by atoms with Crippen molar-refractivity contribution < 1.29 is 32.7 Å². The topological polar surface area (TPSA) is 4.93 Å². The van der Waals surface area contributed by atoms with E-state index >= 15 is 0 Å². The maximum atomic E-state index is 3.67. The van der Waals surface area contributed by atoms with Gasteiger partial charge >= 0.3 is 0 Å². The number of hydrogen-bond acceptors (Lipinski definition) is 1. The first-order valence-electron chi connectivity index (χ1n) is 13.5. The molecule has 0 aliphatic carbocycles. The third-order valence-corrected chi connectivity index (χ3v) is 8.94. The molecule has 0 N–H and O–H groups in total. The quantitative estimate of drug-likeness (QED) is 0.174. The van der Waals surface area contributed by atoms with Crippen LogP contribution >= 0.6 is 11.3 Å². The van der Waals surface area contributed by atoms with Crippen molar-refractivity contribution in [3.05, 3.63) is 152 Å². The molecule has 8 aromatic rings. The molecule has 2 heterocycles. The minimum atomic E-state index is 0. The van der Waals surface area contributed by atoms with Crippen LogP contribution in [-0.2, 0) is 32.7 Å². The predicted molar refractivity (Wildman–Crippen MR) is 170 cm³/mol. The number of fused-ring (bicyclic) bond motifs is 4. The fraction of sp³-hybridized carbons (Fsp3) is 0. The van der Waals surface area contributed by atoms with Gasteiger partial charge in [-0.2, -0.15) is 18.2 Å². The van der Waals surface area contributed by atoms with Crippen molar-refractivity contribution in [1.82, 2.24) is 4.57 Å². The van der Waals surface area contributed by atoms with E-state index in [1.807, 2.05) is 17.4 Å². The molecule has 0 saturated heterocycles. The van der Waals surface area contributed by atoms with Crippen molar-refractivity contribution in [1.29, 1.82) is 0 Å². The molecule has 0 amide bonds. The van der Waals surface area contributed by atoms with Gasteiger partial charge in [-0.05, 0) is 28.4 Å². The Hall–Kier alpha value is -3.82. The molecule has 41 heavy (non-hydrogen) atoms. The summed E-state index contributed by atoms with van der Waals surface area (Å²) in [5.41, 5.74) is 9.35. The number of para-hydroxylation sites is 1. The van der Waals surface area contributed by atoms with Crippen molar-refractivity contribution >= 4 is 42.4 Å². The van der Waals surface area contributed by atoms with Crippen LogP contribution < -0.4 is 0 Å². The Morgan fingerprint density at radius 3 is 1.80 bits per heavy atom. The van der Waals surface area contributed by atoms with Gasteiger partial charge in [0.2, 0.25) is 0 Å². The van der Waals surface area contributed by atoms with E-state index in [2.05, 4.69) is 150 Å². The minimum Gasteiger partial charge on any atom is -0.439 e. The number of rotatable bonds is 4. The van der Waals surface area contributed by atoms with E-state index in [9.17, 15) is 0 Å². The van der Waals surface area contributed by atoms with Crippen LogP contribution in [0.1, 0.15) is 0 Å². The Labute approximate surface area is 268 Å². The van der Waals surface area contributed by atoms with E-state index in [0.717, 1.165) is 22.3 Å². The molecular weight excluding hydrogens is 591 g/mol. The number of benzene rings is 6. The van der Waals surface area contributed by atoms with Gasteiger partial charge in [0, 0.05) is 52.9 Å². The summed E-state index contributed by atoms with van der Waals surface area (Å²) >= 11 is 1.89. The maximum absolute atomic E-state index is 3.67. The summed E-state index contributed by atoms with van der Waals surface area (Å²) in [5, 5.41) is 3.80. The Bertz CT molecular complexity index is 2160. The standard InChI is InChI=1S/C38H23NS.Y/c1-3-12-26(13-4-1)30-19-10-21-33-34-22-11-20-31(38(34)40-37(30)33)28-16-9-17-29(24-28)39-25-35(27-14-5-2-6-15-27)32-18-7-8-23-36(32)39;/h1-16,18-24H;/q-2;. The molecule has 0 saturated carbocycles. The van der Waals surface area contributed by atoms with E-state index in [4.69, 9.17) is 0 Å². The van der Waals surface area contributed by atoms with Crippen LogP contribution in [0.25, 0.3) is 70.1 Å². The average Bonchev–Trinajstić information content (AvgIpc) is 3.61. The van der Waals surface area contributed by atoms with E-state index in [0.29, 0.717) is 0 Å². The second kappa shape index (κ2) is 10.9. The zero-order chi connectivity index (χ0) is 26.5. The molecule has 8 rings (SSSR count). The second-order valence-corrected chi connectivity index (χ2v) is 11.0. The molecule has 1 nitrogen and oxygen atoms in total. The third-order valence-electron chi connectivity index (χ3n) is 7.65. The van der Waals surface area contributed by atoms with Crippen molar-refractivity contribution in [2.45, 2.75) is 0 Å². The molecule has 6 aromatic carbocycles. The van der Waals surface area contributed by atoms with Gasteiger partial charge in [-0.3, -0.25) is 0 Å². The number of aromatic nitrogens is 1. The number of hydrogen-bond donors (Lipinski definition) is 0. The zero-order valence-corrected chi connectivity index (χ0v) is 25.9. The molecule has 191 valence electrons.